The summed E-state index contributed by atoms with van der Waals surface area (Å²) in [6.45, 7) is 9.06. The number of benzene rings is 2. The molecule has 0 spiro atoms. The van der Waals surface area contributed by atoms with E-state index >= 15 is 0 Å². The fourth-order valence-electron chi connectivity index (χ4n) is 4.78. The van der Waals surface area contributed by atoms with Crippen molar-refractivity contribution in [1.29, 1.82) is 0 Å². The van der Waals surface area contributed by atoms with E-state index < -0.39 is 0 Å². The van der Waals surface area contributed by atoms with Gasteiger partial charge in [0.05, 0.1) is 23.7 Å². The monoisotopic (exact) mass is 418 g/mol. The summed E-state index contributed by atoms with van der Waals surface area (Å²) in [5.41, 5.74) is 5.58. The summed E-state index contributed by atoms with van der Waals surface area (Å²) < 4.78 is 21.4. The van der Waals surface area contributed by atoms with E-state index in [4.69, 9.17) is 4.74 Å². The van der Waals surface area contributed by atoms with Crippen LogP contribution in [0.1, 0.15) is 50.9 Å². The summed E-state index contributed by atoms with van der Waals surface area (Å²) in [5, 5.41) is 4.61. The molecule has 3 nitrogen and oxygen atoms in total. The van der Waals surface area contributed by atoms with E-state index in [-0.39, 0.29) is 22.8 Å². The van der Waals surface area contributed by atoms with Crippen LogP contribution in [0, 0.1) is 11.2 Å². The quantitative estimate of drug-likeness (QED) is 0.466. The Morgan fingerprint density at radius 2 is 1.81 bits per heavy atom. The van der Waals surface area contributed by atoms with E-state index in [1.807, 2.05) is 18.0 Å². The first-order valence-electron chi connectivity index (χ1n) is 10.8. The first-order chi connectivity index (χ1) is 14.7. The highest BCUT2D eigenvalue weighted by molar-refractivity contribution is 5.60. The van der Waals surface area contributed by atoms with Gasteiger partial charge >= 0.3 is 0 Å². The Hall–Kier alpha value is -2.72. The normalized spacial score (nSPS) is 19.6. The van der Waals surface area contributed by atoms with Gasteiger partial charge in [-0.2, -0.15) is 5.10 Å². The van der Waals surface area contributed by atoms with Gasteiger partial charge in [0, 0.05) is 12.5 Å². The topological polar surface area (TPSA) is 27.1 Å². The predicted octanol–water partition coefficient (Wildman–Crippen LogP) is 6.36. The van der Waals surface area contributed by atoms with Gasteiger partial charge in [0.25, 0.3) is 0 Å². The van der Waals surface area contributed by atoms with Gasteiger partial charge in [-0.25, -0.2) is 9.07 Å². The highest BCUT2D eigenvalue weighted by atomic mass is 19.1. The lowest BCUT2D eigenvalue weighted by Crippen LogP contribution is -2.42. The second kappa shape index (κ2) is 8.08. The summed E-state index contributed by atoms with van der Waals surface area (Å²) >= 11 is 0. The van der Waals surface area contributed by atoms with Crippen molar-refractivity contribution in [3.05, 3.63) is 89.0 Å². The lowest BCUT2D eigenvalue weighted by atomic mass is 9.65. The van der Waals surface area contributed by atoms with Crippen molar-refractivity contribution in [2.75, 3.05) is 7.11 Å². The van der Waals surface area contributed by atoms with Gasteiger partial charge in [-0.15, -0.1) is 0 Å². The van der Waals surface area contributed by atoms with Crippen molar-refractivity contribution in [2.24, 2.45) is 5.41 Å². The molecule has 0 saturated heterocycles. The van der Waals surface area contributed by atoms with Crippen molar-refractivity contribution in [3.8, 4) is 5.69 Å². The number of halogens is 1. The molecule has 0 aliphatic heterocycles. The molecule has 31 heavy (non-hydrogen) atoms. The van der Waals surface area contributed by atoms with Crippen molar-refractivity contribution in [1.82, 2.24) is 9.78 Å². The molecule has 0 amide bonds. The van der Waals surface area contributed by atoms with E-state index in [0.717, 1.165) is 24.2 Å². The van der Waals surface area contributed by atoms with Crippen LogP contribution in [0.15, 0.2) is 66.4 Å². The number of nitrogens with zero attached hydrogens (tertiary/aromatic N) is 2. The number of rotatable bonds is 6. The van der Waals surface area contributed by atoms with E-state index in [1.165, 1.54) is 28.8 Å². The maximum Gasteiger partial charge on any atom is 0.123 e. The first kappa shape index (κ1) is 21.5. The Morgan fingerprint density at radius 1 is 1.13 bits per heavy atom. The number of methoxy groups -OCH3 is 1. The van der Waals surface area contributed by atoms with Gasteiger partial charge in [-0.1, -0.05) is 56.7 Å². The predicted molar refractivity (Wildman–Crippen MR) is 124 cm³/mol. The SMILES string of the molecule is CO[C@H](CC(C)(C)c1ccccc1)C1(C)Cc2cnn(-c3ccc(F)cc3)c2C=C1C. The minimum absolute atomic E-state index is 0.0101. The zero-order chi connectivity index (χ0) is 22.2. The minimum atomic E-state index is -0.243. The third-order valence-corrected chi connectivity index (χ3v) is 7.02. The Bertz CT molecular complexity index is 1080. The second-order valence-electron chi connectivity index (χ2n) is 9.54. The van der Waals surface area contributed by atoms with Crippen molar-refractivity contribution < 1.29 is 9.13 Å². The Balaban J connectivity index is 1.65. The molecule has 0 radical (unpaired) electrons. The highest BCUT2D eigenvalue weighted by Gasteiger charge is 2.42. The summed E-state index contributed by atoms with van der Waals surface area (Å²) in [5.74, 6) is -0.243. The highest BCUT2D eigenvalue weighted by Crippen LogP contribution is 2.46. The molecule has 1 unspecified atom stereocenters. The first-order valence-corrected chi connectivity index (χ1v) is 10.8. The van der Waals surface area contributed by atoms with Gasteiger partial charge in [-0.3, -0.25) is 0 Å². The molecule has 1 aromatic heterocycles. The summed E-state index contributed by atoms with van der Waals surface area (Å²) in [7, 11) is 1.82. The molecule has 2 aromatic carbocycles. The van der Waals surface area contributed by atoms with Crippen molar-refractivity contribution in [3.63, 3.8) is 0 Å². The molecular weight excluding hydrogens is 387 g/mol. The molecule has 3 aromatic rings. The number of ether oxygens (including phenoxy) is 1. The molecule has 0 N–H and O–H groups in total. The number of hydrogen-bond donors (Lipinski definition) is 0. The van der Waals surface area contributed by atoms with Crippen LogP contribution in [0.4, 0.5) is 4.39 Å². The molecule has 1 heterocycles. The van der Waals surface area contributed by atoms with Crippen molar-refractivity contribution >= 4 is 6.08 Å². The van der Waals surface area contributed by atoms with Crippen LogP contribution in [0.5, 0.6) is 0 Å². The Kier molecular flexibility index (Phi) is 5.61. The lowest BCUT2D eigenvalue weighted by Gasteiger charge is -2.43. The largest absolute Gasteiger partial charge is 0.381 e. The fourth-order valence-corrected chi connectivity index (χ4v) is 4.78. The van der Waals surface area contributed by atoms with Crippen LogP contribution < -0.4 is 0 Å². The molecule has 1 aliphatic carbocycles. The average molecular weight is 419 g/mol. The maximum atomic E-state index is 13.4. The van der Waals surface area contributed by atoms with E-state index in [9.17, 15) is 4.39 Å². The molecule has 1 aliphatic rings. The van der Waals surface area contributed by atoms with Crippen LogP contribution in [0.25, 0.3) is 11.8 Å². The second-order valence-corrected chi connectivity index (χ2v) is 9.54. The van der Waals surface area contributed by atoms with Crippen LogP contribution >= 0.6 is 0 Å². The molecule has 2 atom stereocenters. The molecule has 0 bridgehead atoms. The number of aromatic nitrogens is 2. The standard InChI is InChI=1S/C27H31FN2O/c1-19-15-24-20(18-29-30(24)23-13-11-22(28)12-14-23)16-27(19,4)25(31-5)17-26(2,3)21-9-7-6-8-10-21/h6-15,18,25H,16-17H2,1-5H3/t25-,27?/m1/s1. The van der Waals surface area contributed by atoms with E-state index in [0.29, 0.717) is 0 Å². The third kappa shape index (κ3) is 3.97. The zero-order valence-corrected chi connectivity index (χ0v) is 19.0. The van der Waals surface area contributed by atoms with Gasteiger partial charge in [0.2, 0.25) is 0 Å². The van der Waals surface area contributed by atoms with Gasteiger partial charge in [0.15, 0.2) is 0 Å². The molecular formula is C27H31FN2O. The molecule has 4 heteroatoms. The van der Waals surface area contributed by atoms with Gasteiger partial charge in [0.1, 0.15) is 5.82 Å². The average Bonchev–Trinajstić information content (AvgIpc) is 3.15. The van der Waals surface area contributed by atoms with Crippen molar-refractivity contribution in [2.45, 2.75) is 52.1 Å². The minimum Gasteiger partial charge on any atom is -0.381 e. The molecule has 162 valence electrons. The third-order valence-electron chi connectivity index (χ3n) is 7.02. The van der Waals surface area contributed by atoms with Crippen LogP contribution in [-0.2, 0) is 16.6 Å². The van der Waals surface area contributed by atoms with Crippen LogP contribution in [0.3, 0.4) is 0 Å². The van der Waals surface area contributed by atoms with E-state index in [1.54, 1.807) is 12.1 Å². The smallest absolute Gasteiger partial charge is 0.123 e. The lowest BCUT2D eigenvalue weighted by molar-refractivity contribution is -0.00265. The Labute approximate surface area is 184 Å². The van der Waals surface area contributed by atoms with Crippen LogP contribution in [-0.4, -0.2) is 23.0 Å². The van der Waals surface area contributed by atoms with Gasteiger partial charge in [-0.05, 0) is 66.6 Å². The maximum absolute atomic E-state index is 13.4. The van der Waals surface area contributed by atoms with Crippen LogP contribution in [0.2, 0.25) is 0 Å². The summed E-state index contributed by atoms with van der Waals surface area (Å²) in [6, 6.07) is 17.1. The summed E-state index contributed by atoms with van der Waals surface area (Å²) in [6.07, 6.45) is 5.98. The number of hydrogen-bond acceptors (Lipinski definition) is 2. The van der Waals surface area contributed by atoms with E-state index in [2.05, 4.69) is 69.2 Å². The molecule has 0 saturated carbocycles. The zero-order valence-electron chi connectivity index (χ0n) is 19.0. The molecule has 0 fully saturated rings. The fraction of sp³-hybridized carbons (Fsp3) is 0.370. The molecule has 4 rings (SSSR count). The summed E-state index contributed by atoms with van der Waals surface area (Å²) in [4.78, 5) is 0. The Morgan fingerprint density at radius 3 is 2.45 bits per heavy atom. The number of fused-ring (bicyclic) bond motifs is 1. The van der Waals surface area contributed by atoms with Gasteiger partial charge < -0.3 is 4.74 Å².